The largest absolute Gasteiger partial charge is 0.339 e. The summed E-state index contributed by atoms with van der Waals surface area (Å²) in [5, 5.41) is 0. The van der Waals surface area contributed by atoms with Crippen molar-refractivity contribution in [2.75, 3.05) is 6.54 Å². The molecule has 1 unspecified atom stereocenters. The third-order valence-corrected chi connectivity index (χ3v) is 3.34. The van der Waals surface area contributed by atoms with Crippen LogP contribution < -0.4 is 5.73 Å². The zero-order valence-corrected chi connectivity index (χ0v) is 12.0. The van der Waals surface area contributed by atoms with E-state index in [1.807, 2.05) is 4.90 Å². The van der Waals surface area contributed by atoms with Crippen molar-refractivity contribution < 1.29 is 4.79 Å². The molecule has 0 rings (SSSR count). The number of unbranched alkanes of at least 4 members (excludes halogenated alkanes) is 2. The van der Waals surface area contributed by atoms with Crippen LogP contribution >= 0.6 is 0 Å². The normalized spacial score (nSPS) is 14.4. The highest BCUT2D eigenvalue weighted by atomic mass is 16.2. The Morgan fingerprint density at radius 3 is 2.24 bits per heavy atom. The van der Waals surface area contributed by atoms with Crippen LogP contribution in [0.4, 0.5) is 0 Å². The summed E-state index contributed by atoms with van der Waals surface area (Å²) in [6.07, 6.45) is 6.12. The van der Waals surface area contributed by atoms with Crippen LogP contribution in [0.1, 0.15) is 66.2 Å². The van der Waals surface area contributed by atoms with E-state index in [1.165, 1.54) is 0 Å². The lowest BCUT2D eigenvalue weighted by Gasteiger charge is -2.31. The molecule has 2 atom stereocenters. The summed E-state index contributed by atoms with van der Waals surface area (Å²) in [5.41, 5.74) is 5.98. The van der Waals surface area contributed by atoms with Gasteiger partial charge in [-0.05, 0) is 26.2 Å². The van der Waals surface area contributed by atoms with E-state index in [0.29, 0.717) is 6.04 Å². The van der Waals surface area contributed by atoms with Crippen LogP contribution in [0.3, 0.4) is 0 Å². The molecule has 0 fully saturated rings. The molecule has 3 nitrogen and oxygen atoms in total. The summed E-state index contributed by atoms with van der Waals surface area (Å²) in [6, 6.07) is 0.00235. The Hall–Kier alpha value is -0.570. The van der Waals surface area contributed by atoms with Crippen LogP contribution in [0.5, 0.6) is 0 Å². The fourth-order valence-electron chi connectivity index (χ4n) is 1.86. The minimum atomic E-state index is -0.305. The Morgan fingerprint density at radius 1 is 1.18 bits per heavy atom. The smallest absolute Gasteiger partial charge is 0.239 e. The molecule has 0 aliphatic carbocycles. The average molecular weight is 242 g/mol. The van der Waals surface area contributed by atoms with Gasteiger partial charge in [-0.15, -0.1) is 0 Å². The van der Waals surface area contributed by atoms with E-state index in [9.17, 15) is 4.79 Å². The molecular weight excluding hydrogens is 212 g/mol. The molecule has 0 bridgehead atoms. The molecule has 0 saturated carbocycles. The number of carbonyl (C=O) groups is 1. The Kier molecular flexibility index (Phi) is 9.14. The van der Waals surface area contributed by atoms with Crippen molar-refractivity contribution in [1.29, 1.82) is 0 Å². The van der Waals surface area contributed by atoms with Crippen LogP contribution in [0.15, 0.2) is 0 Å². The third-order valence-electron chi connectivity index (χ3n) is 3.34. The molecule has 0 aliphatic heterocycles. The van der Waals surface area contributed by atoms with E-state index >= 15 is 0 Å². The molecule has 0 saturated heterocycles. The highest BCUT2D eigenvalue weighted by molar-refractivity contribution is 5.81. The second-order valence-corrected chi connectivity index (χ2v) is 4.89. The first-order valence-electron chi connectivity index (χ1n) is 7.14. The summed E-state index contributed by atoms with van der Waals surface area (Å²) in [5.74, 6) is 0.140. The van der Waals surface area contributed by atoms with E-state index < -0.39 is 0 Å². The Labute approximate surface area is 107 Å². The van der Waals surface area contributed by atoms with E-state index in [4.69, 9.17) is 5.73 Å². The lowest BCUT2D eigenvalue weighted by molar-refractivity contribution is -0.135. The van der Waals surface area contributed by atoms with Crippen LogP contribution in [-0.4, -0.2) is 29.4 Å². The lowest BCUT2D eigenvalue weighted by Crippen LogP contribution is -2.48. The molecule has 2 N–H and O–H groups in total. The van der Waals surface area contributed by atoms with Crippen LogP contribution in [0.25, 0.3) is 0 Å². The zero-order chi connectivity index (χ0) is 13.3. The number of nitrogens with zero attached hydrogens (tertiary/aromatic N) is 1. The zero-order valence-electron chi connectivity index (χ0n) is 12.0. The van der Waals surface area contributed by atoms with Gasteiger partial charge in [0.1, 0.15) is 0 Å². The van der Waals surface area contributed by atoms with Gasteiger partial charge in [0, 0.05) is 12.6 Å². The maximum atomic E-state index is 12.3. The number of carbonyl (C=O) groups excluding carboxylic acids is 1. The minimum absolute atomic E-state index is 0.140. The molecule has 0 aromatic rings. The van der Waals surface area contributed by atoms with Crippen molar-refractivity contribution in [3.8, 4) is 0 Å². The SMILES string of the molecule is CCCC[C@H](N)C(=O)N(CCCC)C(C)CC. The number of hydrogen-bond donors (Lipinski definition) is 1. The standard InChI is InChI=1S/C14H30N2O/c1-5-8-10-13(15)14(17)16(11-9-6-2)12(4)7-3/h12-13H,5-11,15H2,1-4H3/t12?,13-/m0/s1. The van der Waals surface area contributed by atoms with Gasteiger partial charge in [0.25, 0.3) is 0 Å². The summed E-state index contributed by atoms with van der Waals surface area (Å²) < 4.78 is 0. The van der Waals surface area contributed by atoms with Gasteiger partial charge in [-0.2, -0.15) is 0 Å². The molecule has 102 valence electrons. The summed E-state index contributed by atoms with van der Waals surface area (Å²) in [4.78, 5) is 14.2. The maximum Gasteiger partial charge on any atom is 0.239 e. The van der Waals surface area contributed by atoms with Gasteiger partial charge in [-0.25, -0.2) is 0 Å². The minimum Gasteiger partial charge on any atom is -0.339 e. The van der Waals surface area contributed by atoms with Gasteiger partial charge in [0.15, 0.2) is 0 Å². The molecule has 0 radical (unpaired) electrons. The van der Waals surface area contributed by atoms with E-state index in [0.717, 1.165) is 45.1 Å². The maximum absolute atomic E-state index is 12.3. The number of amides is 1. The van der Waals surface area contributed by atoms with Gasteiger partial charge in [0.05, 0.1) is 6.04 Å². The summed E-state index contributed by atoms with van der Waals surface area (Å²) in [6.45, 7) is 9.36. The van der Waals surface area contributed by atoms with Crippen molar-refractivity contribution in [3.63, 3.8) is 0 Å². The van der Waals surface area contributed by atoms with Gasteiger partial charge in [-0.1, -0.05) is 40.0 Å². The van der Waals surface area contributed by atoms with Crippen LogP contribution in [-0.2, 0) is 4.79 Å². The van der Waals surface area contributed by atoms with E-state index in [-0.39, 0.29) is 11.9 Å². The average Bonchev–Trinajstić information content (AvgIpc) is 2.35. The first kappa shape index (κ1) is 16.4. The Balaban J connectivity index is 4.39. The van der Waals surface area contributed by atoms with Crippen molar-refractivity contribution in [3.05, 3.63) is 0 Å². The third kappa shape index (κ3) is 6.06. The molecule has 0 aliphatic rings. The first-order valence-corrected chi connectivity index (χ1v) is 7.14. The number of nitrogens with two attached hydrogens (primary N) is 1. The molecule has 3 heteroatoms. The Bertz CT molecular complexity index is 206. The lowest BCUT2D eigenvalue weighted by atomic mass is 10.1. The van der Waals surface area contributed by atoms with Gasteiger partial charge < -0.3 is 10.6 Å². The number of hydrogen-bond acceptors (Lipinski definition) is 2. The predicted octanol–water partition coefficient (Wildman–Crippen LogP) is 2.93. The monoisotopic (exact) mass is 242 g/mol. The van der Waals surface area contributed by atoms with Crippen molar-refractivity contribution >= 4 is 5.91 Å². The predicted molar refractivity (Wildman–Crippen MR) is 73.9 cm³/mol. The fourth-order valence-corrected chi connectivity index (χ4v) is 1.86. The van der Waals surface area contributed by atoms with Crippen molar-refractivity contribution in [2.45, 2.75) is 78.3 Å². The number of rotatable bonds is 9. The van der Waals surface area contributed by atoms with Crippen LogP contribution in [0, 0.1) is 0 Å². The fraction of sp³-hybridized carbons (Fsp3) is 0.929. The molecule has 17 heavy (non-hydrogen) atoms. The molecular formula is C14H30N2O. The highest BCUT2D eigenvalue weighted by Gasteiger charge is 2.23. The first-order chi connectivity index (χ1) is 8.08. The Morgan fingerprint density at radius 2 is 1.76 bits per heavy atom. The molecule has 0 heterocycles. The van der Waals surface area contributed by atoms with Gasteiger partial charge in [0.2, 0.25) is 5.91 Å². The topological polar surface area (TPSA) is 46.3 Å². The summed E-state index contributed by atoms with van der Waals surface area (Å²) in [7, 11) is 0. The quantitative estimate of drug-likeness (QED) is 0.675. The molecule has 0 aromatic heterocycles. The highest BCUT2D eigenvalue weighted by Crippen LogP contribution is 2.10. The molecule has 0 spiro atoms. The van der Waals surface area contributed by atoms with Crippen LogP contribution in [0.2, 0.25) is 0 Å². The second-order valence-electron chi connectivity index (χ2n) is 4.89. The molecule has 0 aromatic carbocycles. The van der Waals surface area contributed by atoms with E-state index in [1.54, 1.807) is 0 Å². The van der Waals surface area contributed by atoms with E-state index in [2.05, 4.69) is 27.7 Å². The van der Waals surface area contributed by atoms with Crippen molar-refractivity contribution in [2.24, 2.45) is 5.73 Å². The molecule has 1 amide bonds. The summed E-state index contributed by atoms with van der Waals surface area (Å²) >= 11 is 0. The van der Waals surface area contributed by atoms with Gasteiger partial charge in [-0.3, -0.25) is 4.79 Å². The van der Waals surface area contributed by atoms with Gasteiger partial charge >= 0.3 is 0 Å². The second kappa shape index (κ2) is 9.46. The van der Waals surface area contributed by atoms with Crippen molar-refractivity contribution in [1.82, 2.24) is 4.90 Å².